The molecule has 1 spiro atoms. The lowest BCUT2D eigenvalue weighted by Gasteiger charge is -2.13. The summed E-state index contributed by atoms with van der Waals surface area (Å²) in [6, 6.07) is 0. The fourth-order valence-electron chi connectivity index (χ4n) is 2.05. The number of nitrogens with zero attached hydrogens (tertiary/aromatic N) is 1. The second kappa shape index (κ2) is 2.84. The van der Waals surface area contributed by atoms with Gasteiger partial charge in [-0.3, -0.25) is 4.99 Å². The summed E-state index contributed by atoms with van der Waals surface area (Å²) in [5.41, 5.74) is 0.0771. The van der Waals surface area contributed by atoms with Crippen LogP contribution in [0, 0.1) is 5.92 Å². The van der Waals surface area contributed by atoms with E-state index >= 15 is 0 Å². The zero-order valence-corrected chi connectivity index (χ0v) is 7.92. The van der Waals surface area contributed by atoms with Gasteiger partial charge in [-0.1, -0.05) is 20.3 Å². The van der Waals surface area contributed by atoms with E-state index in [-0.39, 0.29) is 5.60 Å². The van der Waals surface area contributed by atoms with E-state index in [2.05, 4.69) is 18.8 Å². The number of hydrogen-bond acceptors (Lipinski definition) is 2. The van der Waals surface area contributed by atoms with Crippen molar-refractivity contribution < 1.29 is 4.74 Å². The summed E-state index contributed by atoms with van der Waals surface area (Å²) in [6.07, 6.45) is 6.11. The van der Waals surface area contributed by atoms with Crippen molar-refractivity contribution >= 4 is 6.21 Å². The Morgan fingerprint density at radius 1 is 1.75 bits per heavy atom. The lowest BCUT2D eigenvalue weighted by molar-refractivity contribution is 0.299. The highest BCUT2D eigenvalue weighted by Gasteiger charge is 2.57. The molecule has 2 nitrogen and oxygen atoms in total. The lowest BCUT2D eigenvalue weighted by atomic mass is 9.90. The zero-order valence-electron chi connectivity index (χ0n) is 7.92. The number of epoxide rings is 1. The zero-order chi connectivity index (χ0) is 8.60. The third-order valence-corrected chi connectivity index (χ3v) is 3.10. The molecule has 3 atom stereocenters. The van der Waals surface area contributed by atoms with Crippen LogP contribution in [0.5, 0.6) is 0 Å². The summed E-state index contributed by atoms with van der Waals surface area (Å²) in [4.78, 5) is 4.31. The van der Waals surface area contributed by atoms with Crippen molar-refractivity contribution in [2.45, 2.75) is 44.8 Å². The van der Waals surface area contributed by atoms with E-state index in [9.17, 15) is 0 Å². The van der Waals surface area contributed by atoms with Crippen molar-refractivity contribution in [1.82, 2.24) is 0 Å². The number of aliphatic imine (C=N–C) groups is 1. The lowest BCUT2D eigenvalue weighted by Crippen LogP contribution is -2.24. The first-order valence-electron chi connectivity index (χ1n) is 4.97. The van der Waals surface area contributed by atoms with Gasteiger partial charge in [-0.2, -0.15) is 0 Å². The number of ether oxygens (including phenoxy) is 1. The molecule has 0 aromatic carbocycles. The van der Waals surface area contributed by atoms with Crippen LogP contribution in [-0.2, 0) is 4.74 Å². The van der Waals surface area contributed by atoms with E-state index in [1.165, 1.54) is 19.3 Å². The Hall–Kier alpha value is -0.370. The predicted octanol–water partition coefficient (Wildman–Crippen LogP) is 2.03. The standard InChI is InChI=1S/C10H17NO/c1-3-8(2)9-10(12-9)5-4-6-11-7-10/h7-9H,3-6H2,1-2H3/t8-,9+,10+/m1/s1. The highest BCUT2D eigenvalue weighted by atomic mass is 16.6. The number of rotatable bonds is 2. The summed E-state index contributed by atoms with van der Waals surface area (Å²) in [5.74, 6) is 0.689. The highest BCUT2D eigenvalue weighted by molar-refractivity contribution is 5.74. The minimum atomic E-state index is 0.0771. The van der Waals surface area contributed by atoms with Gasteiger partial charge in [0.05, 0.1) is 6.10 Å². The van der Waals surface area contributed by atoms with Crippen LogP contribution in [0.15, 0.2) is 4.99 Å². The molecule has 0 N–H and O–H groups in total. The first-order chi connectivity index (χ1) is 5.78. The molecule has 0 amide bonds. The smallest absolute Gasteiger partial charge is 0.130 e. The molecule has 2 heteroatoms. The molecular formula is C10H17NO. The van der Waals surface area contributed by atoms with Gasteiger partial charge in [-0.25, -0.2) is 0 Å². The maximum Gasteiger partial charge on any atom is 0.130 e. The van der Waals surface area contributed by atoms with Crippen molar-refractivity contribution in [2.75, 3.05) is 6.54 Å². The minimum Gasteiger partial charge on any atom is -0.360 e. The van der Waals surface area contributed by atoms with Gasteiger partial charge in [0, 0.05) is 12.8 Å². The molecule has 1 saturated heterocycles. The summed E-state index contributed by atoms with van der Waals surface area (Å²) in [6.45, 7) is 5.49. The van der Waals surface area contributed by atoms with Gasteiger partial charge in [0.15, 0.2) is 0 Å². The summed E-state index contributed by atoms with van der Waals surface area (Å²) in [5, 5.41) is 0. The SMILES string of the molecule is CC[C@@H](C)[C@@H]1O[C@@]12C=NCCC2. The maximum atomic E-state index is 5.75. The fraction of sp³-hybridized carbons (Fsp3) is 0.900. The Labute approximate surface area is 74.0 Å². The van der Waals surface area contributed by atoms with Gasteiger partial charge in [0.1, 0.15) is 5.60 Å². The normalized spacial score (nSPS) is 41.7. The van der Waals surface area contributed by atoms with Crippen molar-refractivity contribution in [3.05, 3.63) is 0 Å². The molecule has 12 heavy (non-hydrogen) atoms. The fourth-order valence-corrected chi connectivity index (χ4v) is 2.05. The van der Waals surface area contributed by atoms with Crippen LogP contribution in [0.4, 0.5) is 0 Å². The molecule has 2 aliphatic rings. The molecule has 2 heterocycles. The third-order valence-electron chi connectivity index (χ3n) is 3.10. The van der Waals surface area contributed by atoms with Gasteiger partial charge >= 0.3 is 0 Å². The van der Waals surface area contributed by atoms with Gasteiger partial charge in [0.2, 0.25) is 0 Å². The average molecular weight is 167 g/mol. The second-order valence-electron chi connectivity index (χ2n) is 4.02. The van der Waals surface area contributed by atoms with Gasteiger partial charge in [-0.05, 0) is 18.8 Å². The van der Waals surface area contributed by atoms with Crippen LogP contribution in [0.1, 0.15) is 33.1 Å². The Kier molecular flexibility index (Phi) is 1.95. The molecule has 0 aliphatic carbocycles. The molecule has 2 rings (SSSR count). The van der Waals surface area contributed by atoms with Crippen molar-refractivity contribution in [3.63, 3.8) is 0 Å². The molecule has 0 radical (unpaired) electrons. The topological polar surface area (TPSA) is 24.9 Å². The van der Waals surface area contributed by atoms with Crippen LogP contribution in [0.3, 0.4) is 0 Å². The van der Waals surface area contributed by atoms with Crippen LogP contribution >= 0.6 is 0 Å². The maximum absolute atomic E-state index is 5.75. The molecule has 0 aromatic rings. The largest absolute Gasteiger partial charge is 0.360 e. The number of hydrogen-bond donors (Lipinski definition) is 0. The van der Waals surface area contributed by atoms with Crippen LogP contribution in [0.25, 0.3) is 0 Å². The highest BCUT2D eigenvalue weighted by Crippen LogP contribution is 2.45. The Morgan fingerprint density at radius 3 is 3.17 bits per heavy atom. The van der Waals surface area contributed by atoms with Crippen LogP contribution in [0.2, 0.25) is 0 Å². The Balaban J connectivity index is 1.99. The quantitative estimate of drug-likeness (QED) is 0.578. The van der Waals surface area contributed by atoms with E-state index in [1.807, 2.05) is 6.21 Å². The van der Waals surface area contributed by atoms with Crippen LogP contribution < -0.4 is 0 Å². The van der Waals surface area contributed by atoms with E-state index < -0.39 is 0 Å². The molecular weight excluding hydrogens is 150 g/mol. The molecule has 0 saturated carbocycles. The molecule has 2 aliphatic heterocycles. The molecule has 0 aromatic heterocycles. The second-order valence-corrected chi connectivity index (χ2v) is 4.02. The first-order valence-corrected chi connectivity index (χ1v) is 4.97. The first kappa shape index (κ1) is 8.24. The van der Waals surface area contributed by atoms with E-state index in [1.54, 1.807) is 0 Å². The van der Waals surface area contributed by atoms with Gasteiger partial charge in [0.25, 0.3) is 0 Å². The molecule has 0 unspecified atom stereocenters. The third kappa shape index (κ3) is 1.18. The van der Waals surface area contributed by atoms with Crippen molar-refractivity contribution in [3.8, 4) is 0 Å². The van der Waals surface area contributed by atoms with E-state index in [4.69, 9.17) is 4.74 Å². The molecule has 68 valence electrons. The monoisotopic (exact) mass is 167 g/mol. The predicted molar refractivity (Wildman–Crippen MR) is 49.7 cm³/mol. The van der Waals surface area contributed by atoms with Gasteiger partial charge in [-0.15, -0.1) is 0 Å². The summed E-state index contributed by atoms with van der Waals surface area (Å²) in [7, 11) is 0. The summed E-state index contributed by atoms with van der Waals surface area (Å²) >= 11 is 0. The summed E-state index contributed by atoms with van der Waals surface area (Å²) < 4.78 is 5.75. The Bertz CT molecular complexity index is 202. The molecule has 1 fully saturated rings. The van der Waals surface area contributed by atoms with Crippen molar-refractivity contribution in [1.29, 1.82) is 0 Å². The van der Waals surface area contributed by atoms with Crippen molar-refractivity contribution in [2.24, 2.45) is 10.9 Å². The Morgan fingerprint density at radius 2 is 2.58 bits per heavy atom. The minimum absolute atomic E-state index is 0.0771. The average Bonchev–Trinajstić information content (AvgIpc) is 2.80. The van der Waals surface area contributed by atoms with E-state index in [0.29, 0.717) is 12.0 Å². The van der Waals surface area contributed by atoms with E-state index in [0.717, 1.165) is 6.54 Å². The van der Waals surface area contributed by atoms with Gasteiger partial charge < -0.3 is 4.74 Å². The van der Waals surface area contributed by atoms with Crippen LogP contribution in [-0.4, -0.2) is 24.5 Å². The molecule has 0 bridgehead atoms.